The molecule has 16 heteroatoms. The number of terminal acetylenes is 1. The van der Waals surface area contributed by atoms with Gasteiger partial charge < -0.3 is 23.0 Å². The Morgan fingerprint density at radius 3 is 0.981 bits per heavy atom. The van der Waals surface area contributed by atoms with Gasteiger partial charge in [-0.1, -0.05) is 43.2 Å². The summed E-state index contributed by atoms with van der Waals surface area (Å²) in [6.07, 6.45) is 27.7. The normalized spacial score (nSPS) is 15.9. The van der Waals surface area contributed by atoms with Crippen LogP contribution in [0.1, 0.15) is 159 Å². The number of piperidine rings is 4. The standard InChI is InChI=1S/C23H29FN2O2.C22H25ClN2.C22H27FN2O.C21H24FN3/c1-4-28-23(27)15-19(16-25-12-6-5-7-13-25)22-14-17(2)26(18(22)3)21-10-8-20(24)9-11-21;1-4-8-19(16-24-13-6-5-7-14-24)22-15-17(2)25(18(22)3)21-11-9-20(23)10-12-21;1-16-13-22(18(3)25(16)21-9-7-20(23)8-10-21)19(14-17(2)26)15-24-11-5-4-6-12-24;1-16-14-21(17(2)25(16)20-8-6-19(22)7-9-20)18(10-11-23)15-24-12-4-3-5-13-24/h8-11,14-15H,4-7,12-13,16H2,1-3H3;1,8-12,15H,5-7,13-14,16H2,2-3H3;7-10,13-14H,4-6,11-12,15H2,1-3H3;6-10,14H,3-5,12-13,15H2,1-2H3/b19-15+;19-8+;19-14+;18-10+. The maximum absolute atomic E-state index is 13.3. The van der Waals surface area contributed by atoms with Crippen molar-refractivity contribution in [3.8, 4) is 41.2 Å². The number of halogens is 4. The lowest BCUT2D eigenvalue weighted by Gasteiger charge is -2.27. The van der Waals surface area contributed by atoms with Crippen LogP contribution >= 0.6 is 11.6 Å². The fraction of sp³-hybridized carbons (Fsp3) is 0.398. The van der Waals surface area contributed by atoms with Crippen LogP contribution in [0.5, 0.6) is 0 Å². The van der Waals surface area contributed by atoms with Crippen molar-refractivity contribution in [2.75, 3.05) is 85.1 Å². The van der Waals surface area contributed by atoms with Gasteiger partial charge in [0.1, 0.15) is 17.5 Å². The van der Waals surface area contributed by atoms with Crippen LogP contribution in [0.3, 0.4) is 0 Å². The van der Waals surface area contributed by atoms with Crippen LogP contribution in [0.15, 0.2) is 146 Å². The number of likely N-dealkylation sites (tertiary alicyclic amines) is 4. The van der Waals surface area contributed by atoms with Gasteiger partial charge in [0.25, 0.3) is 0 Å². The van der Waals surface area contributed by atoms with Crippen molar-refractivity contribution < 1.29 is 27.5 Å². The molecule has 0 N–H and O–H groups in total. The summed E-state index contributed by atoms with van der Waals surface area (Å²) in [6.45, 7) is 32.4. The number of benzene rings is 4. The quantitative estimate of drug-likeness (QED) is 0.0342. The van der Waals surface area contributed by atoms with Gasteiger partial charge in [0, 0.05) is 134 Å². The highest BCUT2D eigenvalue weighted by molar-refractivity contribution is 6.30. The number of ketones is 1. The van der Waals surface area contributed by atoms with E-state index in [1.54, 1.807) is 61.5 Å². The van der Waals surface area contributed by atoms with E-state index in [0.29, 0.717) is 6.61 Å². The fourth-order valence-electron chi connectivity index (χ4n) is 15.3. The molecule has 0 unspecified atom stereocenters. The van der Waals surface area contributed by atoms with Crippen LogP contribution in [0.2, 0.25) is 5.02 Å². The number of nitrogens with zero attached hydrogens (tertiary/aromatic N) is 9. The number of esters is 1. The zero-order valence-electron chi connectivity index (χ0n) is 62.9. The van der Waals surface area contributed by atoms with Gasteiger partial charge in [0.15, 0.2) is 5.78 Å². The number of carbonyl (C=O) groups is 2. The minimum Gasteiger partial charge on any atom is -0.463 e. The van der Waals surface area contributed by atoms with Gasteiger partial charge >= 0.3 is 5.97 Å². The minimum atomic E-state index is -0.305. The molecule has 0 atom stereocenters. The number of carbonyl (C=O) groups excluding carboxylic acids is 2. The predicted molar refractivity (Wildman–Crippen MR) is 421 cm³/mol. The molecule has 4 aliphatic heterocycles. The van der Waals surface area contributed by atoms with Gasteiger partial charge in [0.2, 0.25) is 0 Å². The van der Waals surface area contributed by atoms with E-state index < -0.39 is 0 Å². The topological polar surface area (TPSA) is 99.8 Å². The highest BCUT2D eigenvalue weighted by atomic mass is 35.5. The Labute approximate surface area is 621 Å². The van der Waals surface area contributed by atoms with Crippen molar-refractivity contribution in [3.63, 3.8) is 0 Å². The van der Waals surface area contributed by atoms with Crippen molar-refractivity contribution in [1.29, 1.82) is 5.26 Å². The monoisotopic (exact) mass is 1430 g/mol. The third-order valence-corrected chi connectivity index (χ3v) is 20.5. The molecule has 8 heterocycles. The van der Waals surface area contributed by atoms with Crippen molar-refractivity contribution in [3.05, 3.63) is 236 Å². The number of hydrogen-bond acceptors (Lipinski definition) is 8. The second-order valence-corrected chi connectivity index (χ2v) is 28.5. The molecule has 0 spiro atoms. The van der Waals surface area contributed by atoms with E-state index in [4.69, 9.17) is 22.8 Å². The maximum atomic E-state index is 13.3. The Hall–Kier alpha value is -8.93. The molecule has 4 aromatic heterocycles. The molecule has 12 rings (SSSR count). The summed E-state index contributed by atoms with van der Waals surface area (Å²) >= 11 is 6.04. The summed E-state index contributed by atoms with van der Waals surface area (Å²) < 4.78 is 53.6. The molecule has 8 aromatic rings. The number of nitriles is 1. The summed E-state index contributed by atoms with van der Waals surface area (Å²) in [5.74, 6) is 1.79. The highest BCUT2D eigenvalue weighted by Gasteiger charge is 2.24. The van der Waals surface area contributed by atoms with Gasteiger partial charge in [-0.3, -0.25) is 24.4 Å². The van der Waals surface area contributed by atoms with Crippen LogP contribution in [-0.2, 0) is 14.3 Å². The molecule has 4 fully saturated rings. The number of ether oxygens (including phenoxy) is 1. The van der Waals surface area contributed by atoms with Gasteiger partial charge in [-0.2, -0.15) is 5.26 Å². The first-order valence-corrected chi connectivity index (χ1v) is 37.6. The third kappa shape index (κ3) is 21.4. The van der Waals surface area contributed by atoms with Crippen LogP contribution in [-0.4, -0.2) is 135 Å². The van der Waals surface area contributed by atoms with Crippen molar-refractivity contribution in [2.45, 2.75) is 146 Å². The zero-order chi connectivity index (χ0) is 74.4. The van der Waals surface area contributed by atoms with E-state index in [0.717, 1.165) is 174 Å². The molecule has 4 aromatic carbocycles. The van der Waals surface area contributed by atoms with E-state index in [2.05, 4.69) is 114 Å². The lowest BCUT2D eigenvalue weighted by molar-refractivity contribution is -0.137. The van der Waals surface area contributed by atoms with Gasteiger partial charge in [-0.25, -0.2) is 18.0 Å². The average Bonchev–Trinajstić information content (AvgIpc) is 1.67. The Kier molecular flexibility index (Phi) is 29.5. The Morgan fingerprint density at radius 2 is 0.702 bits per heavy atom. The highest BCUT2D eigenvalue weighted by Crippen LogP contribution is 2.34. The summed E-state index contributed by atoms with van der Waals surface area (Å²) in [5.41, 5.74) is 21.6. The van der Waals surface area contributed by atoms with Crippen molar-refractivity contribution >= 4 is 45.6 Å². The number of hydrogen-bond donors (Lipinski definition) is 0. The second kappa shape index (κ2) is 38.7. The smallest absolute Gasteiger partial charge is 0.331 e. The van der Waals surface area contributed by atoms with Crippen LogP contribution in [0.4, 0.5) is 13.2 Å². The molecular formula is C88H105ClF3N9O3. The van der Waals surface area contributed by atoms with Gasteiger partial charge in [0.05, 0.1) is 12.7 Å². The number of aromatic nitrogens is 4. The van der Waals surface area contributed by atoms with Crippen LogP contribution in [0.25, 0.3) is 45.0 Å². The van der Waals surface area contributed by atoms with Crippen molar-refractivity contribution in [2.24, 2.45) is 0 Å². The summed E-state index contributed by atoms with van der Waals surface area (Å²) in [7, 11) is 0. The van der Waals surface area contributed by atoms with E-state index in [-0.39, 0.29) is 29.2 Å². The molecule has 0 radical (unpaired) electrons. The molecule has 0 amide bonds. The molecule has 0 saturated carbocycles. The third-order valence-electron chi connectivity index (χ3n) is 20.3. The average molecular weight is 1430 g/mol. The first-order chi connectivity index (χ1) is 50.1. The van der Waals surface area contributed by atoms with Crippen LogP contribution < -0.4 is 0 Å². The molecule has 12 nitrogen and oxygen atoms in total. The summed E-state index contributed by atoms with van der Waals surface area (Å²) in [5, 5.41) is 10.0. The molecule has 4 aliphatic rings. The fourth-order valence-corrected chi connectivity index (χ4v) is 15.4. The van der Waals surface area contributed by atoms with E-state index in [1.165, 1.54) is 136 Å². The van der Waals surface area contributed by atoms with Gasteiger partial charge in [-0.05, 0) is 329 Å². The first-order valence-electron chi connectivity index (χ1n) is 37.2. The summed E-state index contributed by atoms with van der Waals surface area (Å²) in [4.78, 5) is 33.8. The lowest BCUT2D eigenvalue weighted by atomic mass is 10.0. The summed E-state index contributed by atoms with van der Waals surface area (Å²) in [6, 6.07) is 38.4. The lowest BCUT2D eigenvalue weighted by Crippen LogP contribution is -2.31. The van der Waals surface area contributed by atoms with E-state index in [9.17, 15) is 28.0 Å². The maximum Gasteiger partial charge on any atom is 0.331 e. The Bertz CT molecular complexity index is 4250. The number of aryl methyl sites for hydroxylation is 4. The molecule has 548 valence electrons. The Balaban J connectivity index is 0.000000161. The molecular weight excluding hydrogens is 1320 g/mol. The molecule has 4 saturated heterocycles. The molecule has 104 heavy (non-hydrogen) atoms. The Morgan fingerprint density at radius 1 is 0.433 bits per heavy atom. The number of rotatable bonds is 19. The predicted octanol–water partition coefficient (Wildman–Crippen LogP) is 19.2. The zero-order valence-corrected chi connectivity index (χ0v) is 63.6. The largest absolute Gasteiger partial charge is 0.463 e. The minimum absolute atomic E-state index is 0.0728. The van der Waals surface area contributed by atoms with Crippen molar-refractivity contribution in [1.82, 2.24) is 37.9 Å². The SMILES string of the molecule is C#C/C=C(\CN1CCCCC1)c1cc(C)n(-c2ccc(Cl)cc2)c1C.CC(=O)/C=C(\CN1CCCCC1)c1cc(C)n(-c2ccc(F)cc2)c1C.CCOC(=O)/C=C(\CN1CCCCC1)c1cc(C)n(-c2ccc(F)cc2)c1C.Cc1cc(/C(=C/C#N)CN2CCCCC2)c(C)n1-c1ccc(F)cc1. The number of allylic oxidation sites excluding steroid dienone is 3. The second-order valence-electron chi connectivity index (χ2n) is 28.1. The van der Waals surface area contributed by atoms with E-state index in [1.807, 2.05) is 52.8 Å². The van der Waals surface area contributed by atoms with Gasteiger partial charge in [-0.15, -0.1) is 6.42 Å². The first kappa shape index (κ1) is 79.2. The van der Waals surface area contributed by atoms with Crippen LogP contribution in [0, 0.1) is 96.5 Å². The molecule has 0 bridgehead atoms. The molecule has 0 aliphatic carbocycles. The van der Waals surface area contributed by atoms with E-state index >= 15 is 0 Å².